The van der Waals surface area contributed by atoms with Crippen molar-refractivity contribution in [1.82, 2.24) is 0 Å². The smallest absolute Gasteiger partial charge is 0.128 e. The summed E-state index contributed by atoms with van der Waals surface area (Å²) >= 11 is 0. The molecule has 0 aromatic carbocycles. The molecule has 0 saturated heterocycles. The van der Waals surface area contributed by atoms with Crippen LogP contribution in [0.2, 0.25) is 0 Å². The molecule has 0 aromatic rings. The van der Waals surface area contributed by atoms with Gasteiger partial charge >= 0.3 is 0 Å². The SMILES string of the molecule is CC(C)C(=N)N=C(N)COCC(C)(C)F. The van der Waals surface area contributed by atoms with Crippen LogP contribution in [0, 0.1) is 11.3 Å². The molecule has 4 nitrogen and oxygen atoms in total. The average Bonchev–Trinajstić information content (AvgIpc) is 2.01. The van der Waals surface area contributed by atoms with Crippen LogP contribution in [0.15, 0.2) is 4.99 Å². The Hall–Kier alpha value is -0.970. The molecule has 0 amide bonds. The van der Waals surface area contributed by atoms with Gasteiger partial charge in [-0.25, -0.2) is 9.38 Å². The summed E-state index contributed by atoms with van der Waals surface area (Å²) in [6, 6.07) is 0. The Kier molecular flexibility index (Phi) is 5.43. The van der Waals surface area contributed by atoms with Gasteiger partial charge < -0.3 is 10.5 Å². The van der Waals surface area contributed by atoms with Crippen LogP contribution < -0.4 is 5.73 Å². The van der Waals surface area contributed by atoms with E-state index in [9.17, 15) is 4.39 Å². The van der Waals surface area contributed by atoms with Crippen molar-refractivity contribution in [3.8, 4) is 0 Å². The van der Waals surface area contributed by atoms with E-state index in [-0.39, 0.29) is 30.8 Å². The van der Waals surface area contributed by atoms with Crippen LogP contribution in [-0.4, -0.2) is 30.6 Å². The monoisotopic (exact) mass is 217 g/mol. The van der Waals surface area contributed by atoms with Crippen LogP contribution in [0.4, 0.5) is 4.39 Å². The molecule has 88 valence electrons. The molecule has 0 aromatic heterocycles. The number of ether oxygens (including phenoxy) is 1. The normalized spacial score (nSPS) is 13.3. The molecule has 0 rings (SSSR count). The van der Waals surface area contributed by atoms with E-state index in [1.165, 1.54) is 13.8 Å². The van der Waals surface area contributed by atoms with Gasteiger partial charge in [-0.3, -0.25) is 5.41 Å². The second-order valence-corrected chi connectivity index (χ2v) is 4.35. The van der Waals surface area contributed by atoms with E-state index in [0.717, 1.165) is 0 Å². The van der Waals surface area contributed by atoms with E-state index in [1.54, 1.807) is 0 Å². The molecule has 0 spiro atoms. The first-order chi connectivity index (χ1) is 6.72. The van der Waals surface area contributed by atoms with Crippen LogP contribution in [0.3, 0.4) is 0 Å². The van der Waals surface area contributed by atoms with E-state index in [2.05, 4.69) is 4.99 Å². The van der Waals surface area contributed by atoms with E-state index in [4.69, 9.17) is 15.9 Å². The predicted molar refractivity (Wildman–Crippen MR) is 60.2 cm³/mol. The van der Waals surface area contributed by atoms with Gasteiger partial charge in [-0.1, -0.05) is 13.8 Å². The maximum atomic E-state index is 13.0. The molecule has 0 bridgehead atoms. The Balaban J connectivity index is 3.94. The molecule has 3 N–H and O–H groups in total. The maximum absolute atomic E-state index is 13.0. The summed E-state index contributed by atoms with van der Waals surface area (Å²) in [5, 5.41) is 7.44. The first kappa shape index (κ1) is 14.0. The Morgan fingerprint density at radius 1 is 1.53 bits per heavy atom. The number of aliphatic imine (C=N–C) groups is 1. The summed E-state index contributed by atoms with van der Waals surface area (Å²) < 4.78 is 18.0. The van der Waals surface area contributed by atoms with Gasteiger partial charge in [0.25, 0.3) is 0 Å². The van der Waals surface area contributed by atoms with Crippen LogP contribution in [0.5, 0.6) is 0 Å². The van der Waals surface area contributed by atoms with Crippen molar-refractivity contribution >= 4 is 11.7 Å². The van der Waals surface area contributed by atoms with Crippen LogP contribution >= 0.6 is 0 Å². The lowest BCUT2D eigenvalue weighted by Crippen LogP contribution is -2.27. The molecule has 15 heavy (non-hydrogen) atoms. The standard InChI is InChI=1S/C10H20FN3O/c1-7(2)9(13)14-8(12)5-15-6-10(3,4)11/h7H,5-6H2,1-4H3,(H3,12,13,14). The summed E-state index contributed by atoms with van der Waals surface area (Å²) in [4.78, 5) is 3.83. The Morgan fingerprint density at radius 2 is 2.07 bits per heavy atom. The summed E-state index contributed by atoms with van der Waals surface area (Å²) in [5.74, 6) is 0.440. The van der Waals surface area contributed by atoms with Crippen molar-refractivity contribution in [3.05, 3.63) is 0 Å². The molecule has 0 aliphatic carbocycles. The van der Waals surface area contributed by atoms with Gasteiger partial charge in [-0.15, -0.1) is 0 Å². The third-order valence-corrected chi connectivity index (χ3v) is 1.51. The average molecular weight is 217 g/mol. The van der Waals surface area contributed by atoms with Gasteiger partial charge in [0, 0.05) is 5.92 Å². The Labute approximate surface area is 90.2 Å². The molecule has 0 fully saturated rings. The number of halogens is 1. The minimum Gasteiger partial charge on any atom is -0.385 e. The number of hydrogen-bond donors (Lipinski definition) is 2. The third-order valence-electron chi connectivity index (χ3n) is 1.51. The topological polar surface area (TPSA) is 71.5 Å². The number of nitrogens with one attached hydrogen (secondary N) is 1. The summed E-state index contributed by atoms with van der Waals surface area (Å²) in [5.41, 5.74) is 4.13. The molecule has 0 heterocycles. The molecule has 0 aliphatic heterocycles. The van der Waals surface area contributed by atoms with Crippen molar-refractivity contribution in [1.29, 1.82) is 5.41 Å². The van der Waals surface area contributed by atoms with Crippen LogP contribution in [0.1, 0.15) is 27.7 Å². The van der Waals surface area contributed by atoms with Crippen molar-refractivity contribution in [2.75, 3.05) is 13.2 Å². The zero-order valence-corrected chi connectivity index (χ0v) is 9.80. The summed E-state index contributed by atoms with van der Waals surface area (Å²) in [6.45, 7) is 6.59. The maximum Gasteiger partial charge on any atom is 0.128 e. The lowest BCUT2D eigenvalue weighted by Gasteiger charge is -2.13. The lowest BCUT2D eigenvalue weighted by atomic mass is 10.2. The minimum absolute atomic E-state index is 0.0289. The van der Waals surface area contributed by atoms with Gasteiger partial charge in [-0.2, -0.15) is 0 Å². The van der Waals surface area contributed by atoms with Gasteiger partial charge in [0.05, 0.1) is 6.61 Å². The summed E-state index contributed by atoms with van der Waals surface area (Å²) in [7, 11) is 0. The highest BCUT2D eigenvalue weighted by atomic mass is 19.1. The van der Waals surface area contributed by atoms with Crippen LogP contribution in [0.25, 0.3) is 0 Å². The molecule has 0 unspecified atom stereocenters. The quantitative estimate of drug-likeness (QED) is 0.544. The number of alkyl halides is 1. The van der Waals surface area contributed by atoms with Crippen molar-refractivity contribution in [2.24, 2.45) is 16.6 Å². The number of nitrogens with zero attached hydrogens (tertiary/aromatic N) is 1. The highest BCUT2D eigenvalue weighted by Crippen LogP contribution is 2.07. The fourth-order valence-electron chi connectivity index (χ4n) is 0.714. The van der Waals surface area contributed by atoms with E-state index in [1.807, 2.05) is 13.8 Å². The van der Waals surface area contributed by atoms with Crippen molar-refractivity contribution in [3.63, 3.8) is 0 Å². The number of amidine groups is 2. The largest absolute Gasteiger partial charge is 0.385 e. The molecule has 0 aliphatic rings. The summed E-state index contributed by atoms with van der Waals surface area (Å²) in [6.07, 6.45) is 0. The fraction of sp³-hybridized carbons (Fsp3) is 0.800. The van der Waals surface area contributed by atoms with E-state index < -0.39 is 5.67 Å². The molecule has 0 saturated carbocycles. The Morgan fingerprint density at radius 3 is 2.47 bits per heavy atom. The minimum atomic E-state index is -1.37. The Bertz CT molecular complexity index is 244. The number of rotatable bonds is 5. The molecule has 0 atom stereocenters. The number of hydrogen-bond acceptors (Lipinski definition) is 2. The van der Waals surface area contributed by atoms with Gasteiger partial charge in [0.1, 0.15) is 23.9 Å². The van der Waals surface area contributed by atoms with Gasteiger partial charge in [0.2, 0.25) is 0 Å². The zero-order chi connectivity index (χ0) is 12.1. The van der Waals surface area contributed by atoms with Gasteiger partial charge in [0.15, 0.2) is 0 Å². The molecule has 5 heteroatoms. The fourth-order valence-corrected chi connectivity index (χ4v) is 0.714. The highest BCUT2D eigenvalue weighted by molar-refractivity contribution is 5.96. The van der Waals surface area contributed by atoms with Crippen molar-refractivity contribution < 1.29 is 9.13 Å². The van der Waals surface area contributed by atoms with E-state index in [0.29, 0.717) is 0 Å². The van der Waals surface area contributed by atoms with Crippen molar-refractivity contribution in [2.45, 2.75) is 33.4 Å². The zero-order valence-electron chi connectivity index (χ0n) is 9.80. The molecule has 0 radical (unpaired) electrons. The predicted octanol–water partition coefficient (Wildman–Crippen LogP) is 1.74. The molecular weight excluding hydrogens is 197 g/mol. The second-order valence-electron chi connectivity index (χ2n) is 4.35. The lowest BCUT2D eigenvalue weighted by molar-refractivity contribution is 0.0553. The van der Waals surface area contributed by atoms with Gasteiger partial charge in [-0.05, 0) is 13.8 Å². The first-order valence-corrected chi connectivity index (χ1v) is 4.90. The van der Waals surface area contributed by atoms with E-state index >= 15 is 0 Å². The van der Waals surface area contributed by atoms with Crippen LogP contribution in [-0.2, 0) is 4.74 Å². The second kappa shape index (κ2) is 5.80. The molecular formula is C10H20FN3O. The number of nitrogens with two attached hydrogens (primary N) is 1. The highest BCUT2D eigenvalue weighted by Gasteiger charge is 2.15. The first-order valence-electron chi connectivity index (χ1n) is 4.90. The third kappa shape index (κ3) is 8.05.